The van der Waals surface area contributed by atoms with E-state index in [-0.39, 0.29) is 6.04 Å². The molecule has 3 heterocycles. The van der Waals surface area contributed by atoms with Gasteiger partial charge in [0.1, 0.15) is 5.82 Å². The van der Waals surface area contributed by atoms with Crippen LogP contribution in [0.5, 0.6) is 0 Å². The van der Waals surface area contributed by atoms with Crippen LogP contribution in [0.3, 0.4) is 0 Å². The van der Waals surface area contributed by atoms with Gasteiger partial charge in [-0.3, -0.25) is 4.40 Å². The molecule has 1 N–H and O–H groups in total. The second kappa shape index (κ2) is 4.92. The fourth-order valence-electron chi connectivity index (χ4n) is 2.20. The van der Waals surface area contributed by atoms with Crippen molar-refractivity contribution in [2.75, 3.05) is 5.32 Å². The quantitative estimate of drug-likeness (QED) is 0.782. The van der Waals surface area contributed by atoms with Gasteiger partial charge in [0.15, 0.2) is 0 Å². The van der Waals surface area contributed by atoms with Crippen LogP contribution in [0.2, 0.25) is 0 Å². The fraction of sp³-hybridized carbons (Fsp3) is 0.385. The van der Waals surface area contributed by atoms with Gasteiger partial charge in [0.2, 0.25) is 11.7 Å². The standard InChI is InChI=1S/C13H17N7/c1-4-10(16-13-15-9(2)18-19(13)3)11-8-20-7-5-6-14-12(20)17-11/h5-8,10H,4H2,1-3H3,(H,15,16,18). The highest BCUT2D eigenvalue weighted by Gasteiger charge is 2.16. The molecule has 3 aromatic heterocycles. The zero-order chi connectivity index (χ0) is 14.1. The van der Waals surface area contributed by atoms with Crippen molar-refractivity contribution < 1.29 is 0 Å². The first-order chi connectivity index (χ1) is 9.67. The zero-order valence-corrected chi connectivity index (χ0v) is 11.8. The Kier molecular flexibility index (Phi) is 3.09. The van der Waals surface area contributed by atoms with Crippen molar-refractivity contribution in [3.8, 4) is 0 Å². The van der Waals surface area contributed by atoms with Gasteiger partial charge < -0.3 is 5.32 Å². The molecule has 7 nitrogen and oxygen atoms in total. The van der Waals surface area contributed by atoms with E-state index in [9.17, 15) is 0 Å². The van der Waals surface area contributed by atoms with Crippen LogP contribution in [0, 0.1) is 6.92 Å². The van der Waals surface area contributed by atoms with Crippen molar-refractivity contribution in [1.82, 2.24) is 29.1 Å². The van der Waals surface area contributed by atoms with Crippen LogP contribution >= 0.6 is 0 Å². The smallest absolute Gasteiger partial charge is 0.233 e. The third-order valence-corrected chi connectivity index (χ3v) is 3.19. The Morgan fingerprint density at radius 2 is 2.20 bits per heavy atom. The third kappa shape index (κ3) is 2.22. The Labute approximate surface area is 116 Å². The van der Waals surface area contributed by atoms with Crippen LogP contribution in [0.4, 0.5) is 5.95 Å². The second-order valence-electron chi connectivity index (χ2n) is 4.70. The molecule has 1 atom stereocenters. The summed E-state index contributed by atoms with van der Waals surface area (Å²) >= 11 is 0. The van der Waals surface area contributed by atoms with E-state index < -0.39 is 0 Å². The number of hydrogen-bond donors (Lipinski definition) is 1. The summed E-state index contributed by atoms with van der Waals surface area (Å²) in [5.41, 5.74) is 0.951. The Hall–Kier alpha value is -2.44. The lowest BCUT2D eigenvalue weighted by atomic mass is 10.2. The maximum atomic E-state index is 4.55. The predicted octanol–water partition coefficient (Wildman–Crippen LogP) is 1.73. The average Bonchev–Trinajstić information content (AvgIpc) is 2.99. The van der Waals surface area contributed by atoms with Crippen LogP contribution in [0.15, 0.2) is 24.7 Å². The summed E-state index contributed by atoms with van der Waals surface area (Å²) in [4.78, 5) is 13.2. The molecule has 0 saturated carbocycles. The summed E-state index contributed by atoms with van der Waals surface area (Å²) in [6.45, 7) is 3.99. The highest BCUT2D eigenvalue weighted by Crippen LogP contribution is 2.20. The van der Waals surface area contributed by atoms with Crippen molar-refractivity contribution in [3.63, 3.8) is 0 Å². The molecule has 1 unspecified atom stereocenters. The molecule has 0 fully saturated rings. The van der Waals surface area contributed by atoms with Gasteiger partial charge in [-0.2, -0.15) is 10.1 Å². The van der Waals surface area contributed by atoms with Crippen LogP contribution in [0.1, 0.15) is 30.9 Å². The van der Waals surface area contributed by atoms with Crippen molar-refractivity contribution in [3.05, 3.63) is 36.2 Å². The normalized spacial score (nSPS) is 12.8. The fourth-order valence-corrected chi connectivity index (χ4v) is 2.20. The lowest BCUT2D eigenvalue weighted by molar-refractivity contribution is 0.691. The molecule has 3 rings (SSSR count). The molecule has 0 amide bonds. The van der Waals surface area contributed by atoms with Gasteiger partial charge in [0.05, 0.1) is 11.7 Å². The number of aryl methyl sites for hydroxylation is 2. The lowest BCUT2D eigenvalue weighted by Crippen LogP contribution is -2.13. The van der Waals surface area contributed by atoms with E-state index in [1.165, 1.54) is 0 Å². The van der Waals surface area contributed by atoms with Crippen LogP contribution in [0.25, 0.3) is 5.78 Å². The topological polar surface area (TPSA) is 72.9 Å². The first kappa shape index (κ1) is 12.6. The summed E-state index contributed by atoms with van der Waals surface area (Å²) < 4.78 is 3.66. The zero-order valence-electron chi connectivity index (χ0n) is 11.8. The summed E-state index contributed by atoms with van der Waals surface area (Å²) in [7, 11) is 1.88. The van der Waals surface area contributed by atoms with E-state index in [0.717, 1.165) is 23.9 Å². The molecular weight excluding hydrogens is 254 g/mol. The number of nitrogens with zero attached hydrogens (tertiary/aromatic N) is 6. The summed E-state index contributed by atoms with van der Waals surface area (Å²) in [5, 5.41) is 7.62. The number of nitrogens with one attached hydrogen (secondary N) is 1. The van der Waals surface area contributed by atoms with E-state index in [4.69, 9.17) is 0 Å². The van der Waals surface area contributed by atoms with Crippen molar-refractivity contribution in [1.29, 1.82) is 0 Å². The van der Waals surface area contributed by atoms with E-state index in [2.05, 4.69) is 32.3 Å². The minimum Gasteiger partial charge on any atom is -0.346 e. The number of aromatic nitrogens is 6. The summed E-state index contributed by atoms with van der Waals surface area (Å²) in [6, 6.07) is 1.97. The molecular formula is C13H17N7. The van der Waals surface area contributed by atoms with Gasteiger partial charge in [0.25, 0.3) is 0 Å². The number of hydrogen-bond acceptors (Lipinski definition) is 5. The van der Waals surface area contributed by atoms with Gasteiger partial charge in [-0.1, -0.05) is 6.92 Å². The average molecular weight is 271 g/mol. The molecule has 7 heteroatoms. The highest BCUT2D eigenvalue weighted by atomic mass is 15.4. The summed E-state index contributed by atoms with van der Waals surface area (Å²) in [5.74, 6) is 2.21. The molecule has 0 bridgehead atoms. The first-order valence-electron chi connectivity index (χ1n) is 6.61. The molecule has 0 radical (unpaired) electrons. The molecule has 0 spiro atoms. The molecule has 0 saturated heterocycles. The Balaban J connectivity index is 1.91. The number of imidazole rings is 1. The number of anilines is 1. The number of fused-ring (bicyclic) bond motifs is 1. The molecule has 104 valence electrons. The Bertz CT molecular complexity index is 694. The maximum Gasteiger partial charge on any atom is 0.233 e. The van der Waals surface area contributed by atoms with E-state index in [1.807, 2.05) is 36.8 Å². The van der Waals surface area contributed by atoms with Crippen molar-refractivity contribution in [2.24, 2.45) is 7.05 Å². The largest absolute Gasteiger partial charge is 0.346 e. The Morgan fingerprint density at radius 3 is 2.85 bits per heavy atom. The minimum absolute atomic E-state index is 0.0824. The van der Waals surface area contributed by atoms with E-state index in [0.29, 0.717) is 5.78 Å². The van der Waals surface area contributed by atoms with Gasteiger partial charge in [-0.25, -0.2) is 14.6 Å². The predicted molar refractivity (Wildman–Crippen MR) is 75.4 cm³/mol. The highest BCUT2D eigenvalue weighted by molar-refractivity contribution is 5.35. The first-order valence-corrected chi connectivity index (χ1v) is 6.61. The molecule has 0 aliphatic rings. The molecule has 0 aliphatic heterocycles. The van der Waals surface area contributed by atoms with Crippen molar-refractivity contribution >= 4 is 11.7 Å². The van der Waals surface area contributed by atoms with Crippen LogP contribution < -0.4 is 5.32 Å². The SMILES string of the molecule is CCC(Nc1nc(C)nn1C)c1cn2cccnc2n1. The molecule has 3 aromatic rings. The number of rotatable bonds is 4. The van der Waals surface area contributed by atoms with Gasteiger partial charge >= 0.3 is 0 Å². The van der Waals surface area contributed by atoms with Gasteiger partial charge in [-0.15, -0.1) is 0 Å². The molecule has 0 aliphatic carbocycles. The molecule has 0 aromatic carbocycles. The minimum atomic E-state index is 0.0824. The van der Waals surface area contributed by atoms with E-state index >= 15 is 0 Å². The summed E-state index contributed by atoms with van der Waals surface area (Å²) in [6.07, 6.45) is 6.58. The van der Waals surface area contributed by atoms with Gasteiger partial charge in [-0.05, 0) is 19.4 Å². The second-order valence-corrected chi connectivity index (χ2v) is 4.70. The third-order valence-electron chi connectivity index (χ3n) is 3.19. The maximum absolute atomic E-state index is 4.55. The van der Waals surface area contributed by atoms with E-state index in [1.54, 1.807) is 10.9 Å². The lowest BCUT2D eigenvalue weighted by Gasteiger charge is -2.14. The van der Waals surface area contributed by atoms with Crippen LogP contribution in [-0.2, 0) is 7.05 Å². The monoisotopic (exact) mass is 271 g/mol. The van der Waals surface area contributed by atoms with Crippen LogP contribution in [-0.4, -0.2) is 29.1 Å². The van der Waals surface area contributed by atoms with Gasteiger partial charge in [0, 0.05) is 25.6 Å². The molecule has 20 heavy (non-hydrogen) atoms. The Morgan fingerprint density at radius 1 is 1.35 bits per heavy atom. The van der Waals surface area contributed by atoms with Crippen molar-refractivity contribution in [2.45, 2.75) is 26.3 Å².